The lowest BCUT2D eigenvalue weighted by atomic mass is 10.0. The molecule has 0 aliphatic heterocycles. The van der Waals surface area contributed by atoms with Crippen molar-refractivity contribution in [1.82, 2.24) is 4.57 Å². The number of fused-ring (bicyclic) bond motifs is 1. The van der Waals surface area contributed by atoms with E-state index in [0.29, 0.717) is 4.57 Å². The predicted molar refractivity (Wildman–Crippen MR) is 60.6 cm³/mol. The van der Waals surface area contributed by atoms with E-state index < -0.39 is 18.5 Å². The van der Waals surface area contributed by atoms with Gasteiger partial charge in [-0.3, -0.25) is 4.57 Å². The summed E-state index contributed by atoms with van der Waals surface area (Å²) in [4.78, 5) is 11.4. The Bertz CT molecular complexity index is 622. The van der Waals surface area contributed by atoms with E-state index in [-0.39, 0.29) is 17.0 Å². The average Bonchev–Trinajstić information content (AvgIpc) is 2.53. The molecule has 0 aliphatic carbocycles. The zero-order valence-corrected chi connectivity index (χ0v) is 9.91. The largest absolute Gasteiger partial charge is 0.420 e. The summed E-state index contributed by atoms with van der Waals surface area (Å²) in [5.74, 6) is -0.818. The number of hydrogen-bond acceptors (Lipinski definition) is 2. The van der Waals surface area contributed by atoms with Gasteiger partial charge in [-0.1, -0.05) is 19.9 Å². The van der Waals surface area contributed by atoms with E-state index in [2.05, 4.69) is 0 Å². The Hall–Kier alpha value is -1.72. The van der Waals surface area contributed by atoms with E-state index in [4.69, 9.17) is 4.42 Å². The minimum absolute atomic E-state index is 0.165. The van der Waals surface area contributed by atoms with Crippen LogP contribution in [0.2, 0.25) is 0 Å². The fourth-order valence-electron chi connectivity index (χ4n) is 1.77. The second-order valence-corrected chi connectivity index (χ2v) is 4.45. The van der Waals surface area contributed by atoms with Crippen molar-refractivity contribution in [2.75, 3.05) is 0 Å². The van der Waals surface area contributed by atoms with E-state index in [1.54, 1.807) is 12.1 Å². The molecule has 0 amide bonds. The Balaban J connectivity index is 2.61. The summed E-state index contributed by atoms with van der Waals surface area (Å²) in [7, 11) is 0. The van der Waals surface area contributed by atoms with Crippen LogP contribution in [0.4, 0.5) is 13.2 Å². The molecule has 2 rings (SSSR count). The Labute approximate surface area is 101 Å². The van der Waals surface area contributed by atoms with Gasteiger partial charge in [0.25, 0.3) is 0 Å². The number of alkyl halides is 3. The van der Waals surface area contributed by atoms with Crippen molar-refractivity contribution in [3.8, 4) is 0 Å². The Morgan fingerprint density at radius 1 is 1.33 bits per heavy atom. The summed E-state index contributed by atoms with van der Waals surface area (Å²) in [6.07, 6.45) is -4.45. The highest BCUT2D eigenvalue weighted by atomic mass is 19.4. The summed E-state index contributed by atoms with van der Waals surface area (Å²) >= 11 is 0. The standard InChI is InChI=1S/C12H12F3NO2/c1-7(2)8-3-4-10-9(5-8)16(11(17)18-10)6-12(13,14)15/h3-5,7H,6H2,1-2H3. The van der Waals surface area contributed by atoms with Crippen LogP contribution >= 0.6 is 0 Å². The molecular weight excluding hydrogens is 247 g/mol. The molecule has 0 atom stereocenters. The minimum Gasteiger partial charge on any atom is -0.408 e. The maximum Gasteiger partial charge on any atom is 0.420 e. The molecular formula is C12H12F3NO2. The van der Waals surface area contributed by atoms with Gasteiger partial charge < -0.3 is 4.42 Å². The van der Waals surface area contributed by atoms with Crippen LogP contribution in [-0.4, -0.2) is 10.7 Å². The Morgan fingerprint density at radius 2 is 2.00 bits per heavy atom. The number of aromatic nitrogens is 1. The Kier molecular flexibility index (Phi) is 2.96. The fraction of sp³-hybridized carbons (Fsp3) is 0.417. The molecule has 0 saturated heterocycles. The SMILES string of the molecule is CC(C)c1ccc2oc(=O)n(CC(F)(F)F)c2c1. The fourth-order valence-corrected chi connectivity index (χ4v) is 1.77. The molecule has 98 valence electrons. The highest BCUT2D eigenvalue weighted by molar-refractivity contribution is 5.74. The minimum atomic E-state index is -4.45. The number of nitrogens with zero attached hydrogens (tertiary/aromatic N) is 1. The van der Waals surface area contributed by atoms with Crippen LogP contribution < -0.4 is 5.76 Å². The van der Waals surface area contributed by atoms with Gasteiger partial charge in [0, 0.05) is 0 Å². The van der Waals surface area contributed by atoms with Gasteiger partial charge >= 0.3 is 11.9 Å². The van der Waals surface area contributed by atoms with Gasteiger partial charge in [-0.2, -0.15) is 13.2 Å². The number of rotatable bonds is 2. The monoisotopic (exact) mass is 259 g/mol. The molecule has 0 unspecified atom stereocenters. The van der Waals surface area contributed by atoms with Crippen LogP contribution in [0.15, 0.2) is 27.4 Å². The predicted octanol–water partition coefficient (Wildman–Crippen LogP) is 3.28. The summed E-state index contributed by atoms with van der Waals surface area (Å²) in [6.45, 7) is 2.52. The highest BCUT2D eigenvalue weighted by Gasteiger charge is 2.30. The van der Waals surface area contributed by atoms with Crippen molar-refractivity contribution in [1.29, 1.82) is 0 Å². The lowest BCUT2D eigenvalue weighted by Gasteiger charge is -2.08. The van der Waals surface area contributed by atoms with Gasteiger partial charge in [-0.25, -0.2) is 4.79 Å². The third-order valence-corrected chi connectivity index (χ3v) is 2.70. The average molecular weight is 259 g/mol. The lowest BCUT2D eigenvalue weighted by molar-refractivity contribution is -0.140. The number of benzene rings is 1. The van der Waals surface area contributed by atoms with Crippen LogP contribution in [0, 0.1) is 0 Å². The molecule has 0 saturated carbocycles. The van der Waals surface area contributed by atoms with Gasteiger partial charge in [-0.05, 0) is 23.6 Å². The zero-order chi connectivity index (χ0) is 13.5. The molecule has 6 heteroatoms. The van der Waals surface area contributed by atoms with Crippen molar-refractivity contribution in [2.45, 2.75) is 32.5 Å². The van der Waals surface area contributed by atoms with Crippen molar-refractivity contribution in [3.05, 3.63) is 34.3 Å². The van der Waals surface area contributed by atoms with Crippen LogP contribution in [0.25, 0.3) is 11.1 Å². The van der Waals surface area contributed by atoms with E-state index in [9.17, 15) is 18.0 Å². The molecule has 1 aromatic carbocycles. The summed E-state index contributed by atoms with van der Waals surface area (Å²) in [6, 6.07) is 4.84. The summed E-state index contributed by atoms with van der Waals surface area (Å²) in [5.41, 5.74) is 1.22. The van der Waals surface area contributed by atoms with Crippen LogP contribution in [0.1, 0.15) is 25.3 Å². The topological polar surface area (TPSA) is 35.1 Å². The summed E-state index contributed by atoms with van der Waals surface area (Å²) in [5, 5.41) is 0. The molecule has 0 fully saturated rings. The number of hydrogen-bond donors (Lipinski definition) is 0. The molecule has 0 N–H and O–H groups in total. The maximum absolute atomic E-state index is 12.4. The molecule has 0 radical (unpaired) electrons. The smallest absolute Gasteiger partial charge is 0.408 e. The van der Waals surface area contributed by atoms with E-state index >= 15 is 0 Å². The number of oxazole rings is 1. The van der Waals surface area contributed by atoms with Gasteiger partial charge in [0.15, 0.2) is 5.58 Å². The van der Waals surface area contributed by atoms with E-state index in [0.717, 1.165) is 5.56 Å². The molecule has 0 spiro atoms. The quantitative estimate of drug-likeness (QED) is 0.829. The third kappa shape index (κ3) is 2.42. The molecule has 1 heterocycles. The first-order valence-electron chi connectivity index (χ1n) is 5.48. The molecule has 0 bridgehead atoms. The third-order valence-electron chi connectivity index (χ3n) is 2.70. The van der Waals surface area contributed by atoms with Crippen molar-refractivity contribution >= 4 is 11.1 Å². The Morgan fingerprint density at radius 3 is 2.56 bits per heavy atom. The van der Waals surface area contributed by atoms with Crippen LogP contribution in [-0.2, 0) is 6.54 Å². The highest BCUT2D eigenvalue weighted by Crippen LogP contribution is 2.24. The van der Waals surface area contributed by atoms with Crippen LogP contribution in [0.3, 0.4) is 0 Å². The van der Waals surface area contributed by atoms with E-state index in [1.807, 2.05) is 13.8 Å². The number of halogens is 3. The second kappa shape index (κ2) is 4.19. The van der Waals surface area contributed by atoms with Gasteiger partial charge in [0.2, 0.25) is 0 Å². The molecule has 18 heavy (non-hydrogen) atoms. The maximum atomic E-state index is 12.4. The molecule has 3 nitrogen and oxygen atoms in total. The first kappa shape index (κ1) is 12.7. The van der Waals surface area contributed by atoms with Crippen molar-refractivity contribution in [3.63, 3.8) is 0 Å². The van der Waals surface area contributed by atoms with Crippen LogP contribution in [0.5, 0.6) is 0 Å². The normalized spacial score (nSPS) is 12.6. The second-order valence-electron chi connectivity index (χ2n) is 4.45. The summed E-state index contributed by atoms with van der Waals surface area (Å²) < 4.78 is 42.6. The van der Waals surface area contributed by atoms with Gasteiger partial charge in [0.05, 0.1) is 5.52 Å². The molecule has 1 aromatic heterocycles. The van der Waals surface area contributed by atoms with Crippen molar-refractivity contribution < 1.29 is 17.6 Å². The van der Waals surface area contributed by atoms with Gasteiger partial charge in [-0.15, -0.1) is 0 Å². The van der Waals surface area contributed by atoms with Crippen molar-refractivity contribution in [2.24, 2.45) is 0 Å². The first-order valence-corrected chi connectivity index (χ1v) is 5.48. The molecule has 0 aliphatic rings. The zero-order valence-electron chi connectivity index (χ0n) is 9.91. The lowest BCUT2D eigenvalue weighted by Crippen LogP contribution is -2.24. The molecule has 2 aromatic rings. The van der Waals surface area contributed by atoms with E-state index in [1.165, 1.54) is 6.07 Å². The first-order chi connectivity index (χ1) is 8.28. The van der Waals surface area contributed by atoms with Gasteiger partial charge in [0.1, 0.15) is 6.54 Å².